The Morgan fingerprint density at radius 3 is 2.52 bits per heavy atom. The van der Waals surface area contributed by atoms with Gasteiger partial charge in [-0.05, 0) is 43.0 Å². The fraction of sp³-hybridized carbons (Fsp3) is 0.476. The lowest BCUT2D eigenvalue weighted by molar-refractivity contribution is 0.253. The number of piperazine rings is 1. The van der Waals surface area contributed by atoms with Crippen molar-refractivity contribution in [3.05, 3.63) is 52.7 Å². The Bertz CT molecular complexity index is 663. The second-order valence-corrected chi connectivity index (χ2v) is 7.84. The first-order valence-corrected chi connectivity index (χ1v) is 10.7. The molecule has 0 aliphatic carbocycles. The van der Waals surface area contributed by atoms with Crippen molar-refractivity contribution in [3.63, 3.8) is 0 Å². The van der Waals surface area contributed by atoms with Crippen molar-refractivity contribution in [2.75, 3.05) is 51.2 Å². The fourth-order valence-electron chi connectivity index (χ4n) is 3.34. The number of unbranched alkanes of at least 4 members (excludes halogenated alkanes) is 1. The van der Waals surface area contributed by atoms with E-state index >= 15 is 0 Å². The molecule has 1 aliphatic rings. The van der Waals surface area contributed by atoms with Crippen molar-refractivity contribution in [3.8, 4) is 0 Å². The van der Waals surface area contributed by atoms with Crippen LogP contribution in [0.25, 0.3) is 0 Å². The van der Waals surface area contributed by atoms with Gasteiger partial charge in [-0.1, -0.05) is 24.3 Å². The summed E-state index contributed by atoms with van der Waals surface area (Å²) in [4.78, 5) is 10.7. The molecule has 146 valence electrons. The number of nitrogens with zero attached hydrogens (tertiary/aromatic N) is 3. The molecule has 5 nitrogen and oxygen atoms in total. The Morgan fingerprint density at radius 2 is 1.81 bits per heavy atom. The largest absolute Gasteiger partial charge is 0.369 e. The molecule has 0 atom stereocenters. The van der Waals surface area contributed by atoms with E-state index in [1.807, 2.05) is 7.05 Å². The first kappa shape index (κ1) is 19.7. The van der Waals surface area contributed by atoms with E-state index in [1.54, 1.807) is 11.3 Å². The van der Waals surface area contributed by atoms with E-state index < -0.39 is 0 Å². The number of anilines is 1. The zero-order valence-electron chi connectivity index (χ0n) is 16.2. The first-order chi connectivity index (χ1) is 13.3. The molecular formula is C21H31N5S. The highest BCUT2D eigenvalue weighted by atomic mass is 32.1. The van der Waals surface area contributed by atoms with Crippen LogP contribution in [0.1, 0.15) is 17.7 Å². The minimum Gasteiger partial charge on any atom is -0.369 e. The minimum atomic E-state index is 0.836. The molecule has 6 heteroatoms. The van der Waals surface area contributed by atoms with E-state index in [-0.39, 0.29) is 0 Å². The summed E-state index contributed by atoms with van der Waals surface area (Å²) >= 11 is 1.77. The van der Waals surface area contributed by atoms with E-state index in [9.17, 15) is 0 Å². The average Bonchev–Trinajstić information content (AvgIpc) is 3.25. The van der Waals surface area contributed by atoms with Gasteiger partial charge in [0.1, 0.15) is 0 Å². The zero-order valence-corrected chi connectivity index (χ0v) is 17.0. The summed E-state index contributed by atoms with van der Waals surface area (Å²) in [6.45, 7) is 7.56. The van der Waals surface area contributed by atoms with Crippen LogP contribution in [0.4, 0.5) is 5.69 Å². The van der Waals surface area contributed by atoms with Gasteiger partial charge in [-0.2, -0.15) is 0 Å². The summed E-state index contributed by atoms with van der Waals surface area (Å²) in [5.74, 6) is 0.889. The van der Waals surface area contributed by atoms with Gasteiger partial charge in [-0.3, -0.25) is 9.89 Å². The highest BCUT2D eigenvalue weighted by Gasteiger charge is 2.16. The number of guanidine groups is 1. The maximum atomic E-state index is 4.30. The van der Waals surface area contributed by atoms with Crippen LogP contribution in [0.2, 0.25) is 0 Å². The molecule has 0 unspecified atom stereocenters. The quantitative estimate of drug-likeness (QED) is 0.416. The van der Waals surface area contributed by atoms with Gasteiger partial charge in [-0.15, -0.1) is 11.3 Å². The standard InChI is InChI=1S/C21H31N5S/c1-22-21(24-18-20-10-7-17-27-20)23-11-5-6-12-25-13-15-26(16-14-25)19-8-3-2-4-9-19/h2-4,7-10,17H,5-6,11-16,18H2,1H3,(H2,22,23,24). The lowest BCUT2D eigenvalue weighted by Gasteiger charge is -2.36. The summed E-state index contributed by atoms with van der Waals surface area (Å²) in [7, 11) is 1.83. The number of aliphatic imine (C=N–C) groups is 1. The molecule has 0 spiro atoms. The summed E-state index contributed by atoms with van der Waals surface area (Å²) in [5, 5.41) is 8.88. The van der Waals surface area contributed by atoms with Crippen molar-refractivity contribution < 1.29 is 0 Å². The lowest BCUT2D eigenvalue weighted by atomic mass is 10.2. The van der Waals surface area contributed by atoms with Crippen molar-refractivity contribution >= 4 is 23.0 Å². The zero-order chi connectivity index (χ0) is 18.7. The lowest BCUT2D eigenvalue weighted by Crippen LogP contribution is -2.46. The molecule has 0 radical (unpaired) electrons. The maximum absolute atomic E-state index is 4.30. The second kappa shape index (κ2) is 10.9. The van der Waals surface area contributed by atoms with Gasteiger partial charge in [0.2, 0.25) is 0 Å². The number of benzene rings is 1. The second-order valence-electron chi connectivity index (χ2n) is 6.80. The van der Waals surface area contributed by atoms with Crippen LogP contribution in [0.5, 0.6) is 0 Å². The topological polar surface area (TPSA) is 42.9 Å². The molecule has 0 saturated carbocycles. The predicted molar refractivity (Wildman–Crippen MR) is 117 cm³/mol. The molecular weight excluding hydrogens is 354 g/mol. The van der Waals surface area contributed by atoms with Crippen LogP contribution < -0.4 is 15.5 Å². The molecule has 0 amide bonds. The number of para-hydroxylation sites is 1. The van der Waals surface area contributed by atoms with Crippen LogP contribution >= 0.6 is 11.3 Å². The van der Waals surface area contributed by atoms with E-state index in [2.05, 4.69) is 73.3 Å². The Morgan fingerprint density at radius 1 is 1.00 bits per heavy atom. The van der Waals surface area contributed by atoms with E-state index in [0.717, 1.165) is 45.2 Å². The van der Waals surface area contributed by atoms with E-state index in [1.165, 1.54) is 30.0 Å². The first-order valence-electron chi connectivity index (χ1n) is 9.84. The third-order valence-electron chi connectivity index (χ3n) is 4.92. The fourth-order valence-corrected chi connectivity index (χ4v) is 3.98. The van der Waals surface area contributed by atoms with Crippen LogP contribution in [0, 0.1) is 0 Å². The summed E-state index contributed by atoms with van der Waals surface area (Å²) in [5.41, 5.74) is 1.35. The third-order valence-corrected chi connectivity index (χ3v) is 5.80. The van der Waals surface area contributed by atoms with Crippen LogP contribution in [0.15, 0.2) is 52.8 Å². The summed E-state index contributed by atoms with van der Waals surface area (Å²) in [6, 6.07) is 15.0. The smallest absolute Gasteiger partial charge is 0.191 e. The van der Waals surface area contributed by atoms with Crippen molar-refractivity contribution in [1.29, 1.82) is 0 Å². The number of hydrogen-bond donors (Lipinski definition) is 2. The molecule has 2 aromatic rings. The minimum absolute atomic E-state index is 0.836. The van der Waals surface area contributed by atoms with Crippen molar-refractivity contribution in [2.45, 2.75) is 19.4 Å². The Kier molecular flexibility index (Phi) is 7.99. The van der Waals surface area contributed by atoms with Gasteiger partial charge >= 0.3 is 0 Å². The number of thiophene rings is 1. The molecule has 3 rings (SSSR count). The van der Waals surface area contributed by atoms with Crippen molar-refractivity contribution in [1.82, 2.24) is 15.5 Å². The number of hydrogen-bond acceptors (Lipinski definition) is 4. The normalized spacial score (nSPS) is 15.7. The SMILES string of the molecule is CN=C(NCCCCN1CCN(c2ccccc2)CC1)NCc1cccs1. The molecule has 2 N–H and O–H groups in total. The Hall–Kier alpha value is -2.05. The highest BCUT2D eigenvalue weighted by Crippen LogP contribution is 2.15. The van der Waals surface area contributed by atoms with Crippen LogP contribution in [-0.4, -0.2) is 57.2 Å². The summed E-state index contributed by atoms with van der Waals surface area (Å²) < 4.78 is 0. The molecule has 27 heavy (non-hydrogen) atoms. The predicted octanol–water partition coefficient (Wildman–Crippen LogP) is 3.02. The highest BCUT2D eigenvalue weighted by molar-refractivity contribution is 7.09. The molecule has 1 fully saturated rings. The average molecular weight is 386 g/mol. The summed E-state index contributed by atoms with van der Waals surface area (Å²) in [6.07, 6.45) is 2.39. The monoisotopic (exact) mass is 385 g/mol. The van der Waals surface area contributed by atoms with Crippen LogP contribution in [0.3, 0.4) is 0 Å². The van der Waals surface area contributed by atoms with Gasteiger partial charge in [0, 0.05) is 50.3 Å². The molecule has 2 heterocycles. The molecule has 1 aromatic carbocycles. The molecule has 0 bridgehead atoms. The van der Waals surface area contributed by atoms with Gasteiger partial charge in [0.05, 0.1) is 6.54 Å². The van der Waals surface area contributed by atoms with E-state index in [0.29, 0.717) is 0 Å². The van der Waals surface area contributed by atoms with Crippen molar-refractivity contribution in [2.24, 2.45) is 4.99 Å². The number of nitrogens with one attached hydrogen (secondary N) is 2. The van der Waals surface area contributed by atoms with Gasteiger partial charge in [-0.25, -0.2) is 0 Å². The third kappa shape index (κ3) is 6.56. The van der Waals surface area contributed by atoms with E-state index in [4.69, 9.17) is 0 Å². The Balaban J connectivity index is 1.25. The molecule has 1 aliphatic heterocycles. The maximum Gasteiger partial charge on any atom is 0.191 e. The molecule has 1 aromatic heterocycles. The number of rotatable bonds is 8. The Labute approximate surface area is 167 Å². The van der Waals surface area contributed by atoms with Gasteiger partial charge in [0.15, 0.2) is 5.96 Å². The van der Waals surface area contributed by atoms with Gasteiger partial charge in [0.25, 0.3) is 0 Å². The van der Waals surface area contributed by atoms with Gasteiger partial charge < -0.3 is 15.5 Å². The molecule has 1 saturated heterocycles. The van der Waals surface area contributed by atoms with Crippen LogP contribution in [-0.2, 0) is 6.54 Å².